The number of ether oxygens (including phenoxy) is 1. The van der Waals surface area contributed by atoms with E-state index in [9.17, 15) is 9.59 Å². The predicted molar refractivity (Wildman–Crippen MR) is 116 cm³/mol. The number of esters is 1. The second kappa shape index (κ2) is 9.62. The lowest BCUT2D eigenvalue weighted by atomic mass is 10.0. The van der Waals surface area contributed by atoms with Gasteiger partial charge in [0.1, 0.15) is 12.1 Å². The van der Waals surface area contributed by atoms with E-state index < -0.39 is 0 Å². The fourth-order valence-electron chi connectivity index (χ4n) is 4.80. The number of aromatic nitrogens is 4. The number of hydrogen-bond donors (Lipinski definition) is 0. The molecule has 1 aliphatic carbocycles. The molecule has 1 aliphatic heterocycles. The average Bonchev–Trinajstić information content (AvgIpc) is 3.44. The number of anilines is 1. The Kier molecular flexibility index (Phi) is 6.67. The minimum atomic E-state index is -0.214. The molecule has 1 saturated carbocycles. The first-order chi connectivity index (χ1) is 15.1. The molecule has 0 unspecified atom stereocenters. The number of piperazine rings is 1. The quantitative estimate of drug-likeness (QED) is 0.624. The molecule has 1 saturated heterocycles. The van der Waals surface area contributed by atoms with Crippen LogP contribution in [0.15, 0.2) is 6.33 Å². The molecular formula is C22H32N6O3. The van der Waals surface area contributed by atoms with Crippen LogP contribution in [0.25, 0.3) is 5.78 Å². The Labute approximate surface area is 182 Å². The van der Waals surface area contributed by atoms with Crippen LogP contribution in [-0.4, -0.2) is 69.1 Å². The Morgan fingerprint density at radius 3 is 2.61 bits per heavy atom. The van der Waals surface area contributed by atoms with Gasteiger partial charge in [0.25, 0.3) is 5.78 Å². The number of carbonyl (C=O) groups excluding carboxylic acids is 2. The number of rotatable bonds is 7. The van der Waals surface area contributed by atoms with Gasteiger partial charge in [0.2, 0.25) is 5.91 Å². The van der Waals surface area contributed by atoms with Gasteiger partial charge >= 0.3 is 5.97 Å². The average molecular weight is 429 g/mol. The SMILES string of the molecule is CCOC(=O)CCc1c(C)nc2ncnn2c1N1CCN(C(=O)CC2CCCC2)CC1. The molecule has 2 fully saturated rings. The lowest BCUT2D eigenvalue weighted by molar-refractivity contribution is -0.143. The summed E-state index contributed by atoms with van der Waals surface area (Å²) in [5, 5.41) is 4.39. The second-order valence-corrected chi connectivity index (χ2v) is 8.50. The highest BCUT2D eigenvalue weighted by Crippen LogP contribution is 2.29. The number of hydrogen-bond acceptors (Lipinski definition) is 7. The minimum Gasteiger partial charge on any atom is -0.466 e. The zero-order chi connectivity index (χ0) is 21.8. The van der Waals surface area contributed by atoms with Crippen LogP contribution < -0.4 is 4.90 Å². The van der Waals surface area contributed by atoms with E-state index in [4.69, 9.17) is 4.74 Å². The molecule has 0 spiro atoms. The highest BCUT2D eigenvalue weighted by atomic mass is 16.5. The van der Waals surface area contributed by atoms with Crippen LogP contribution >= 0.6 is 0 Å². The van der Waals surface area contributed by atoms with Gasteiger partial charge in [-0.3, -0.25) is 9.59 Å². The molecule has 2 aliphatic rings. The van der Waals surface area contributed by atoms with E-state index in [1.54, 1.807) is 4.52 Å². The fourth-order valence-corrected chi connectivity index (χ4v) is 4.80. The molecule has 1 amide bonds. The van der Waals surface area contributed by atoms with Gasteiger partial charge in [-0.15, -0.1) is 0 Å². The molecule has 0 bridgehead atoms. The molecule has 0 atom stereocenters. The number of nitrogens with zero attached hydrogens (tertiary/aromatic N) is 6. The van der Waals surface area contributed by atoms with Crippen molar-refractivity contribution in [2.75, 3.05) is 37.7 Å². The summed E-state index contributed by atoms with van der Waals surface area (Å²) in [6, 6.07) is 0. The standard InChI is InChI=1S/C22H32N6O3/c1-3-31-20(30)9-8-18-16(2)25-22-23-15-24-28(22)21(18)27-12-10-26(11-13-27)19(29)14-17-6-4-5-7-17/h15,17H,3-14H2,1-2H3. The molecule has 4 rings (SSSR count). The first kappa shape index (κ1) is 21.5. The van der Waals surface area contributed by atoms with Crippen LogP contribution in [0.4, 0.5) is 5.82 Å². The van der Waals surface area contributed by atoms with E-state index in [1.165, 1.54) is 32.0 Å². The molecule has 9 heteroatoms. The molecule has 3 heterocycles. The summed E-state index contributed by atoms with van der Waals surface area (Å²) in [4.78, 5) is 37.8. The van der Waals surface area contributed by atoms with E-state index in [2.05, 4.69) is 20.0 Å². The third kappa shape index (κ3) is 4.80. The summed E-state index contributed by atoms with van der Waals surface area (Å²) in [5.41, 5.74) is 1.83. The van der Waals surface area contributed by atoms with Gasteiger partial charge < -0.3 is 14.5 Å². The Bertz CT molecular complexity index is 929. The van der Waals surface area contributed by atoms with E-state index in [0.29, 0.717) is 50.7 Å². The summed E-state index contributed by atoms with van der Waals surface area (Å²) in [6.07, 6.45) is 7.92. The summed E-state index contributed by atoms with van der Waals surface area (Å²) >= 11 is 0. The van der Waals surface area contributed by atoms with E-state index in [1.807, 2.05) is 18.7 Å². The predicted octanol–water partition coefficient (Wildman–Crippen LogP) is 2.16. The Balaban J connectivity index is 1.49. The molecule has 0 N–H and O–H groups in total. The fraction of sp³-hybridized carbons (Fsp3) is 0.682. The number of carbonyl (C=O) groups is 2. The summed E-state index contributed by atoms with van der Waals surface area (Å²) < 4.78 is 6.86. The normalized spacial score (nSPS) is 17.5. The van der Waals surface area contributed by atoms with Crippen LogP contribution in [0.5, 0.6) is 0 Å². The van der Waals surface area contributed by atoms with Crippen LogP contribution in [-0.2, 0) is 20.7 Å². The summed E-state index contributed by atoms with van der Waals surface area (Å²) in [7, 11) is 0. The number of amides is 1. The van der Waals surface area contributed by atoms with E-state index in [-0.39, 0.29) is 11.9 Å². The Morgan fingerprint density at radius 2 is 1.90 bits per heavy atom. The second-order valence-electron chi connectivity index (χ2n) is 8.50. The topological polar surface area (TPSA) is 92.9 Å². The van der Waals surface area contributed by atoms with Gasteiger partial charge in [-0.25, -0.2) is 4.98 Å². The lowest BCUT2D eigenvalue weighted by Gasteiger charge is -2.37. The third-order valence-electron chi connectivity index (χ3n) is 6.46. The molecule has 31 heavy (non-hydrogen) atoms. The van der Waals surface area contributed by atoms with Crippen molar-refractivity contribution in [1.82, 2.24) is 24.5 Å². The molecule has 168 valence electrons. The first-order valence-electron chi connectivity index (χ1n) is 11.4. The van der Waals surface area contributed by atoms with Crippen molar-refractivity contribution < 1.29 is 14.3 Å². The number of aryl methyl sites for hydroxylation is 1. The zero-order valence-corrected chi connectivity index (χ0v) is 18.5. The lowest BCUT2D eigenvalue weighted by Crippen LogP contribution is -2.50. The maximum absolute atomic E-state index is 12.7. The van der Waals surface area contributed by atoms with Gasteiger partial charge in [-0.05, 0) is 39.0 Å². The molecule has 2 aromatic rings. The van der Waals surface area contributed by atoms with Gasteiger partial charge in [0.05, 0.1) is 6.61 Å². The maximum atomic E-state index is 12.7. The largest absolute Gasteiger partial charge is 0.466 e. The van der Waals surface area contributed by atoms with Crippen molar-refractivity contribution in [2.24, 2.45) is 5.92 Å². The van der Waals surface area contributed by atoms with E-state index >= 15 is 0 Å². The minimum absolute atomic E-state index is 0.214. The highest BCUT2D eigenvalue weighted by molar-refractivity contribution is 5.77. The maximum Gasteiger partial charge on any atom is 0.306 e. The first-order valence-corrected chi connectivity index (χ1v) is 11.4. The molecule has 9 nitrogen and oxygen atoms in total. The third-order valence-corrected chi connectivity index (χ3v) is 6.46. The van der Waals surface area contributed by atoms with Gasteiger partial charge in [0.15, 0.2) is 0 Å². The Morgan fingerprint density at radius 1 is 1.16 bits per heavy atom. The number of fused-ring (bicyclic) bond motifs is 1. The van der Waals surface area contributed by atoms with E-state index in [0.717, 1.165) is 30.2 Å². The zero-order valence-electron chi connectivity index (χ0n) is 18.5. The van der Waals surface area contributed by atoms with Gasteiger partial charge in [-0.2, -0.15) is 14.6 Å². The Hall–Kier alpha value is -2.71. The molecule has 0 radical (unpaired) electrons. The van der Waals surface area contributed by atoms with Crippen molar-refractivity contribution >= 4 is 23.5 Å². The van der Waals surface area contributed by atoms with Crippen molar-refractivity contribution in [1.29, 1.82) is 0 Å². The van der Waals surface area contributed by atoms with Crippen molar-refractivity contribution in [3.63, 3.8) is 0 Å². The summed E-state index contributed by atoms with van der Waals surface area (Å²) in [5.74, 6) is 2.11. The smallest absolute Gasteiger partial charge is 0.306 e. The monoisotopic (exact) mass is 428 g/mol. The van der Waals surface area contributed by atoms with Crippen LogP contribution in [0.1, 0.15) is 56.7 Å². The molecule has 2 aromatic heterocycles. The molecular weight excluding hydrogens is 396 g/mol. The van der Waals surface area contributed by atoms with Crippen molar-refractivity contribution in [2.45, 2.75) is 58.8 Å². The van der Waals surface area contributed by atoms with Crippen molar-refractivity contribution in [3.8, 4) is 0 Å². The summed E-state index contributed by atoms with van der Waals surface area (Å²) in [6.45, 7) is 6.97. The van der Waals surface area contributed by atoms with Gasteiger partial charge in [0, 0.05) is 50.3 Å². The van der Waals surface area contributed by atoms with Gasteiger partial charge in [-0.1, -0.05) is 12.8 Å². The van der Waals surface area contributed by atoms with Crippen LogP contribution in [0, 0.1) is 12.8 Å². The van der Waals surface area contributed by atoms with Crippen LogP contribution in [0.2, 0.25) is 0 Å². The van der Waals surface area contributed by atoms with Crippen molar-refractivity contribution in [3.05, 3.63) is 17.6 Å². The van der Waals surface area contributed by atoms with Crippen LogP contribution in [0.3, 0.4) is 0 Å². The molecule has 0 aromatic carbocycles. The highest BCUT2D eigenvalue weighted by Gasteiger charge is 2.28.